The molecule has 0 N–H and O–H groups in total. The molecule has 31 nitrogen and oxygen atoms in total. The van der Waals surface area contributed by atoms with E-state index in [1.54, 1.807) is 75.4 Å². The Balaban J connectivity index is 1.26. The number of esters is 9. The molecule has 0 spiro atoms. The Hall–Kier alpha value is -8.20. The second-order valence-electron chi connectivity index (χ2n) is 28.3. The topological polar surface area (TPSA) is 378 Å². The van der Waals surface area contributed by atoms with Gasteiger partial charge in [0.2, 0.25) is 0 Å². The van der Waals surface area contributed by atoms with Crippen LogP contribution < -0.4 is 0 Å². The number of nitrogens with zero attached hydrogens (tertiary/aromatic N) is 3. The zero-order valence-corrected chi connectivity index (χ0v) is 63.7. The molecule has 0 radical (unpaired) electrons. The van der Waals surface area contributed by atoms with Gasteiger partial charge in [0, 0.05) is 89.7 Å². The van der Waals surface area contributed by atoms with Crippen molar-refractivity contribution in [2.45, 2.75) is 240 Å². The van der Waals surface area contributed by atoms with E-state index in [4.69, 9.17) is 95.5 Å². The van der Waals surface area contributed by atoms with Crippen LogP contribution in [0.2, 0.25) is 0 Å². The monoisotopic (exact) mass is 1520 g/mol. The molecule has 31 heteroatoms. The maximum Gasteiger partial charge on any atom is 0.338 e. The fourth-order valence-corrected chi connectivity index (χ4v) is 14.0. The van der Waals surface area contributed by atoms with Crippen molar-refractivity contribution < 1.29 is 133 Å². The van der Waals surface area contributed by atoms with E-state index in [9.17, 15) is 38.4 Å². The van der Waals surface area contributed by atoms with Gasteiger partial charge >= 0.3 is 53.7 Å². The van der Waals surface area contributed by atoms with E-state index >= 15 is 4.79 Å². The van der Waals surface area contributed by atoms with Crippen LogP contribution in [0, 0.1) is 41.4 Å². The number of carbonyl (C=O) groups excluding carboxylic acids is 9. The molecular weight excluding hydrogens is 1410 g/mol. The van der Waals surface area contributed by atoms with Gasteiger partial charge in [-0.2, -0.15) is 0 Å². The average molecular weight is 1520 g/mol. The highest BCUT2D eigenvalue weighted by Gasteiger charge is 2.60. The Morgan fingerprint density at radius 3 is 1.48 bits per heavy atom. The van der Waals surface area contributed by atoms with Gasteiger partial charge < -0.3 is 90.0 Å². The van der Waals surface area contributed by atoms with Crippen molar-refractivity contribution in [3.63, 3.8) is 0 Å². The summed E-state index contributed by atoms with van der Waals surface area (Å²) < 4.78 is 123. The zero-order chi connectivity index (χ0) is 78.7. The molecule has 3 aromatic carbocycles. The van der Waals surface area contributed by atoms with Gasteiger partial charge in [-0.15, -0.1) is 0 Å². The molecule has 0 amide bonds. The van der Waals surface area contributed by atoms with E-state index < -0.39 is 220 Å². The van der Waals surface area contributed by atoms with E-state index in [2.05, 4.69) is 10.0 Å². The number of rotatable bonds is 32. The summed E-state index contributed by atoms with van der Waals surface area (Å²) in [4.78, 5) is 124. The summed E-state index contributed by atoms with van der Waals surface area (Å²) >= 11 is 0. The maximum absolute atomic E-state index is 15.1. The lowest BCUT2D eigenvalue weighted by atomic mass is 9.82. The highest BCUT2D eigenvalue weighted by atomic mass is 16.8. The molecule has 5 saturated heterocycles. The number of benzene rings is 3. The summed E-state index contributed by atoms with van der Waals surface area (Å²) in [6.45, 7) is 21.7. The largest absolute Gasteiger partial charge is 0.463 e. The lowest BCUT2D eigenvalue weighted by Gasteiger charge is -2.53. The van der Waals surface area contributed by atoms with E-state index in [0.29, 0.717) is 6.42 Å². The molecule has 5 aliphatic rings. The average Bonchev–Trinajstić information content (AvgIpc) is 0.751. The number of hydrogen-bond acceptors (Lipinski definition) is 29. The molecule has 26 atom stereocenters. The molecule has 0 saturated carbocycles. The second kappa shape index (κ2) is 40.0. The Morgan fingerprint density at radius 2 is 0.944 bits per heavy atom. The van der Waals surface area contributed by atoms with Gasteiger partial charge in [0.1, 0.15) is 62.5 Å². The molecule has 0 aromatic heterocycles. The highest BCUT2D eigenvalue weighted by Crippen LogP contribution is 2.45. The van der Waals surface area contributed by atoms with Crippen LogP contribution >= 0.6 is 0 Å². The Kier molecular flexibility index (Phi) is 31.6. The lowest BCUT2D eigenvalue weighted by molar-refractivity contribution is -0.387. The van der Waals surface area contributed by atoms with E-state index in [1.807, 2.05) is 41.5 Å². The number of hydrogen-bond donors (Lipinski definition) is 0. The van der Waals surface area contributed by atoms with E-state index in [-0.39, 0.29) is 61.1 Å². The van der Waals surface area contributed by atoms with Crippen molar-refractivity contribution in [3.05, 3.63) is 118 Å². The molecule has 594 valence electrons. The fourth-order valence-electron chi connectivity index (χ4n) is 14.0. The van der Waals surface area contributed by atoms with Crippen LogP contribution in [0.1, 0.15) is 154 Å². The number of azide groups is 1. The third-order valence-electron chi connectivity index (χ3n) is 20.3. The van der Waals surface area contributed by atoms with Crippen molar-refractivity contribution in [1.29, 1.82) is 0 Å². The minimum Gasteiger partial charge on any atom is -0.463 e. The molecular formula is C77H103N3O28. The first kappa shape index (κ1) is 85.4. The molecule has 9 unspecified atom stereocenters. The van der Waals surface area contributed by atoms with Crippen LogP contribution in [0.4, 0.5) is 0 Å². The van der Waals surface area contributed by atoms with Gasteiger partial charge in [0.25, 0.3) is 0 Å². The summed E-state index contributed by atoms with van der Waals surface area (Å²) in [5.41, 5.74) is 9.35. The van der Waals surface area contributed by atoms with Crippen LogP contribution in [-0.2, 0) is 119 Å². The van der Waals surface area contributed by atoms with Crippen LogP contribution in [0.25, 0.3) is 10.4 Å². The zero-order valence-electron chi connectivity index (χ0n) is 63.7. The first-order chi connectivity index (χ1) is 51.4. The summed E-state index contributed by atoms with van der Waals surface area (Å²) in [6.07, 6.45) is -23.5. The summed E-state index contributed by atoms with van der Waals surface area (Å²) in [7, 11) is 0. The molecule has 5 aliphatic heterocycles. The van der Waals surface area contributed by atoms with Crippen molar-refractivity contribution in [1.82, 2.24) is 0 Å². The SMILES string of the molecule is CC[C@@H](C)[C@@H](OC(C)=O)C1O[C@](C)(O[C@@H]2C(OC(=O)c3ccccc3)[C@H](O[C@@H]3C(CO[C@@H]4OC(COC(C)=O)[C@@H](O[C@@H]5OC(COC(C)=O)[C@H](C)[C@H](C)C5OC(C)=O)[C@H](C)C4OC(C)=O)O[C@@H](OCCCN=[N+]=[N-])C(C)[C@H]3C)OC(COC(=O)c3ccccc3)[C@@H]2OC(=O)c2ccccc2)C[C@@H](OC(C)=O)[C@H]1C. The van der Waals surface area contributed by atoms with Crippen LogP contribution in [0.5, 0.6) is 0 Å². The Bertz CT molecular complexity index is 3530. The summed E-state index contributed by atoms with van der Waals surface area (Å²) in [5, 5.41) is 3.65. The lowest BCUT2D eigenvalue weighted by Crippen LogP contribution is -2.67. The number of ether oxygens (including phenoxy) is 19. The molecule has 5 heterocycles. The first-order valence-electron chi connectivity index (χ1n) is 36.6. The van der Waals surface area contributed by atoms with Crippen LogP contribution in [0.15, 0.2) is 96.1 Å². The Morgan fingerprint density at radius 1 is 0.481 bits per heavy atom. The van der Waals surface area contributed by atoms with E-state index in [0.717, 1.165) is 0 Å². The Labute approximate surface area is 628 Å². The highest BCUT2D eigenvalue weighted by molar-refractivity contribution is 5.90. The number of carbonyl (C=O) groups is 9. The van der Waals surface area contributed by atoms with Crippen molar-refractivity contribution in [3.8, 4) is 0 Å². The molecule has 3 aromatic rings. The molecule has 5 fully saturated rings. The third kappa shape index (κ3) is 23.0. The van der Waals surface area contributed by atoms with Gasteiger partial charge in [-0.25, -0.2) is 14.4 Å². The minimum absolute atomic E-state index is 0.0363. The van der Waals surface area contributed by atoms with Gasteiger partial charge in [0.05, 0.1) is 41.6 Å². The molecule has 0 aliphatic carbocycles. The molecule has 0 bridgehead atoms. The van der Waals surface area contributed by atoms with Crippen molar-refractivity contribution in [2.24, 2.45) is 46.5 Å². The van der Waals surface area contributed by atoms with Gasteiger partial charge in [-0.1, -0.05) is 115 Å². The van der Waals surface area contributed by atoms with Crippen molar-refractivity contribution in [2.75, 3.05) is 39.6 Å². The van der Waals surface area contributed by atoms with Crippen LogP contribution in [0.3, 0.4) is 0 Å². The normalized spacial score (nSPS) is 33.0. The van der Waals surface area contributed by atoms with Crippen LogP contribution in [-0.4, -0.2) is 210 Å². The standard InChI is InChI=1S/C77H103N3O28/c1-16-40(2)61(96-50(12)84)64-45(7)56(95-49(11)83)35-77(15,107-64)108-68-67(103-71(88)54-29-22-18-23-30-54)60(38-93-70(87)53-27-20-17-21-28-53)102-76(69(68)104-72(89)55-31-24-19-25-32-55)105-62-43(5)44(6)73(90-34-26-33-79-80-78)100-59(62)39-94-74-66(98-52(14)86)46(8)63(58(101-74)37-92-48(10)82)106-75-65(97-51(13)85)42(4)41(3)57(99-75)36-91-47(9)81/h17-25,27-32,40-46,56-69,73-76H,16,26,33-39H2,1-15H3/t40-,41-,42+,43-,44?,45-,46+,56-,57?,58?,59?,60?,61-,62+,63+,64?,65?,66?,67+,68+,69?,73-,74-,75+,76+,77-/m1/s1. The molecule has 8 rings (SSSR count). The fraction of sp³-hybridized carbons (Fsp3) is 0.649. The smallest absolute Gasteiger partial charge is 0.338 e. The predicted octanol–water partition coefficient (Wildman–Crippen LogP) is 9.30. The van der Waals surface area contributed by atoms with Crippen molar-refractivity contribution >= 4 is 53.7 Å². The molecule has 108 heavy (non-hydrogen) atoms. The second-order valence-corrected chi connectivity index (χ2v) is 28.3. The van der Waals surface area contributed by atoms with E-state index in [1.165, 1.54) is 77.9 Å². The van der Waals surface area contributed by atoms with Gasteiger partial charge in [0.15, 0.2) is 55.4 Å². The minimum atomic E-state index is -1.98. The quantitative estimate of drug-likeness (QED) is 0.0140. The predicted molar refractivity (Wildman–Crippen MR) is 376 cm³/mol. The third-order valence-corrected chi connectivity index (χ3v) is 20.3. The summed E-state index contributed by atoms with van der Waals surface area (Å²) in [6, 6.07) is 23.8. The maximum atomic E-state index is 15.1. The van der Waals surface area contributed by atoms with Gasteiger partial charge in [-0.3, -0.25) is 28.8 Å². The first-order valence-corrected chi connectivity index (χ1v) is 36.6. The summed E-state index contributed by atoms with van der Waals surface area (Å²) in [5.74, 6) is -12.7. The van der Waals surface area contributed by atoms with Gasteiger partial charge in [-0.05, 0) is 79.4 Å².